The molecule has 2 aliphatic heterocycles. The SMILES string of the molecule is C[C@@H]1CN=C2N(CC3CC3)C(=O)c3cc(S(=O)(=O)NC4(C)CC4)ccc3N21. The first-order chi connectivity index (χ1) is 12.8. The number of anilines is 1. The van der Waals surface area contributed by atoms with Gasteiger partial charge in [-0.15, -0.1) is 0 Å². The zero-order valence-corrected chi connectivity index (χ0v) is 16.4. The molecule has 1 aromatic carbocycles. The molecular formula is C19H24N4O3S. The van der Waals surface area contributed by atoms with E-state index in [4.69, 9.17) is 0 Å². The van der Waals surface area contributed by atoms with E-state index in [1.165, 1.54) is 6.07 Å². The highest BCUT2D eigenvalue weighted by Gasteiger charge is 2.44. The molecule has 0 radical (unpaired) electrons. The van der Waals surface area contributed by atoms with Crippen LogP contribution in [0, 0.1) is 5.92 Å². The van der Waals surface area contributed by atoms with Gasteiger partial charge < -0.3 is 4.90 Å². The van der Waals surface area contributed by atoms with E-state index in [1.54, 1.807) is 17.0 Å². The smallest absolute Gasteiger partial charge is 0.262 e. The second-order valence-electron chi connectivity index (χ2n) is 8.56. The van der Waals surface area contributed by atoms with Gasteiger partial charge in [-0.3, -0.25) is 14.7 Å². The van der Waals surface area contributed by atoms with Gasteiger partial charge in [0.05, 0.1) is 28.7 Å². The number of carbonyl (C=O) groups excluding carboxylic acids is 1. The van der Waals surface area contributed by atoms with Crippen molar-refractivity contribution in [2.24, 2.45) is 10.9 Å². The van der Waals surface area contributed by atoms with E-state index in [1.807, 2.05) is 6.92 Å². The number of guanidine groups is 1. The Bertz CT molecular complexity index is 963. The third-order valence-corrected chi connectivity index (χ3v) is 7.56. The number of carbonyl (C=O) groups is 1. The number of rotatable bonds is 5. The maximum absolute atomic E-state index is 13.2. The minimum atomic E-state index is -3.65. The van der Waals surface area contributed by atoms with Crippen molar-refractivity contribution in [3.8, 4) is 0 Å². The summed E-state index contributed by atoms with van der Waals surface area (Å²) in [5, 5.41) is 0. The summed E-state index contributed by atoms with van der Waals surface area (Å²) in [5.41, 5.74) is 0.861. The maximum Gasteiger partial charge on any atom is 0.262 e. The molecule has 0 saturated heterocycles. The number of amides is 1. The van der Waals surface area contributed by atoms with E-state index in [-0.39, 0.29) is 22.4 Å². The Labute approximate surface area is 159 Å². The maximum atomic E-state index is 13.2. The number of hydrogen-bond donors (Lipinski definition) is 1. The molecule has 2 fully saturated rings. The molecule has 0 spiro atoms. The van der Waals surface area contributed by atoms with Crippen molar-refractivity contribution < 1.29 is 13.2 Å². The van der Waals surface area contributed by atoms with E-state index in [9.17, 15) is 13.2 Å². The number of nitrogens with zero attached hydrogens (tertiary/aromatic N) is 3. The Balaban J connectivity index is 1.56. The number of hydrogen-bond acceptors (Lipinski definition) is 5. The molecule has 0 bridgehead atoms. The van der Waals surface area contributed by atoms with E-state index < -0.39 is 10.0 Å². The summed E-state index contributed by atoms with van der Waals surface area (Å²) in [6.45, 7) is 5.28. The van der Waals surface area contributed by atoms with Gasteiger partial charge in [-0.25, -0.2) is 13.1 Å². The first-order valence-corrected chi connectivity index (χ1v) is 11.1. The van der Waals surface area contributed by atoms with Gasteiger partial charge in [-0.2, -0.15) is 0 Å². The lowest BCUT2D eigenvalue weighted by Gasteiger charge is -2.38. The summed E-state index contributed by atoms with van der Waals surface area (Å²) < 4.78 is 28.3. The first kappa shape index (κ1) is 17.2. The summed E-state index contributed by atoms with van der Waals surface area (Å²) in [4.78, 5) is 21.8. The highest BCUT2D eigenvalue weighted by atomic mass is 32.2. The van der Waals surface area contributed by atoms with Gasteiger partial charge in [0.1, 0.15) is 0 Å². The molecule has 0 aromatic heterocycles. The largest absolute Gasteiger partial charge is 0.307 e. The molecule has 0 unspecified atom stereocenters. The quantitative estimate of drug-likeness (QED) is 0.836. The summed E-state index contributed by atoms with van der Waals surface area (Å²) in [6.07, 6.45) is 3.96. The molecule has 2 saturated carbocycles. The van der Waals surface area contributed by atoms with Crippen molar-refractivity contribution in [3.63, 3.8) is 0 Å². The molecule has 1 aromatic rings. The Morgan fingerprint density at radius 1 is 1.30 bits per heavy atom. The van der Waals surface area contributed by atoms with E-state index >= 15 is 0 Å². The lowest BCUT2D eigenvalue weighted by molar-refractivity contribution is 0.0835. The Morgan fingerprint density at radius 3 is 2.70 bits per heavy atom. The van der Waals surface area contributed by atoms with Crippen LogP contribution >= 0.6 is 0 Å². The third-order valence-electron chi connectivity index (χ3n) is 5.93. The fourth-order valence-electron chi connectivity index (χ4n) is 3.83. The van der Waals surface area contributed by atoms with Crippen LogP contribution in [0.2, 0.25) is 0 Å². The summed E-state index contributed by atoms with van der Waals surface area (Å²) in [6, 6.07) is 5.04. The number of sulfonamides is 1. The van der Waals surface area contributed by atoms with Crippen molar-refractivity contribution >= 4 is 27.6 Å². The second-order valence-corrected chi connectivity index (χ2v) is 10.2. The minimum absolute atomic E-state index is 0.143. The van der Waals surface area contributed by atoms with Crippen LogP contribution in [0.15, 0.2) is 28.1 Å². The van der Waals surface area contributed by atoms with Crippen LogP contribution in [-0.4, -0.2) is 49.9 Å². The van der Waals surface area contributed by atoms with Gasteiger partial charge >= 0.3 is 0 Å². The second kappa shape index (κ2) is 5.54. The van der Waals surface area contributed by atoms with Gasteiger partial charge in [0.15, 0.2) is 0 Å². The van der Waals surface area contributed by atoms with Crippen molar-refractivity contribution in [3.05, 3.63) is 23.8 Å². The van der Waals surface area contributed by atoms with Crippen LogP contribution in [0.25, 0.3) is 0 Å². The van der Waals surface area contributed by atoms with Crippen LogP contribution in [0.4, 0.5) is 5.69 Å². The fraction of sp³-hybridized carbons (Fsp3) is 0.579. The predicted molar refractivity (Wildman–Crippen MR) is 102 cm³/mol. The normalized spacial score (nSPS) is 25.9. The molecule has 1 N–H and O–H groups in total. The molecule has 2 aliphatic carbocycles. The molecule has 1 amide bonds. The molecule has 2 heterocycles. The van der Waals surface area contributed by atoms with Crippen molar-refractivity contribution in [2.45, 2.75) is 56.0 Å². The number of fused-ring (bicyclic) bond motifs is 3. The molecular weight excluding hydrogens is 364 g/mol. The van der Waals surface area contributed by atoms with Gasteiger partial charge in [0, 0.05) is 12.1 Å². The molecule has 7 nitrogen and oxygen atoms in total. The minimum Gasteiger partial charge on any atom is -0.307 e. The molecule has 8 heteroatoms. The molecule has 27 heavy (non-hydrogen) atoms. The van der Waals surface area contributed by atoms with Crippen molar-refractivity contribution in [1.29, 1.82) is 0 Å². The first-order valence-electron chi connectivity index (χ1n) is 9.61. The molecule has 5 rings (SSSR count). The summed E-state index contributed by atoms with van der Waals surface area (Å²) >= 11 is 0. The lowest BCUT2D eigenvalue weighted by Crippen LogP contribution is -2.53. The van der Waals surface area contributed by atoms with Gasteiger partial charge in [0.25, 0.3) is 5.91 Å². The van der Waals surface area contributed by atoms with Gasteiger partial charge in [0.2, 0.25) is 16.0 Å². The summed E-state index contributed by atoms with van der Waals surface area (Å²) in [7, 11) is -3.65. The average Bonchev–Trinajstić information content (AvgIpc) is 3.53. The predicted octanol–water partition coefficient (Wildman–Crippen LogP) is 1.95. The van der Waals surface area contributed by atoms with Gasteiger partial charge in [-0.1, -0.05) is 0 Å². The highest BCUT2D eigenvalue weighted by molar-refractivity contribution is 7.89. The zero-order chi connectivity index (χ0) is 19.0. The van der Waals surface area contributed by atoms with Crippen LogP contribution < -0.4 is 9.62 Å². The summed E-state index contributed by atoms with van der Waals surface area (Å²) in [5.74, 6) is 1.10. The van der Waals surface area contributed by atoms with E-state index in [2.05, 4.69) is 21.5 Å². The lowest BCUT2D eigenvalue weighted by atomic mass is 10.1. The van der Waals surface area contributed by atoms with E-state index in [0.717, 1.165) is 31.4 Å². The monoisotopic (exact) mass is 388 g/mol. The van der Waals surface area contributed by atoms with Crippen LogP contribution in [0.5, 0.6) is 0 Å². The van der Waals surface area contributed by atoms with Crippen LogP contribution in [0.3, 0.4) is 0 Å². The van der Waals surface area contributed by atoms with Crippen molar-refractivity contribution in [2.75, 3.05) is 18.0 Å². The molecule has 144 valence electrons. The average molecular weight is 388 g/mol. The Hall–Kier alpha value is -1.93. The Morgan fingerprint density at radius 2 is 2.04 bits per heavy atom. The number of aliphatic imine (C=N–C) groups is 1. The topological polar surface area (TPSA) is 82.1 Å². The standard InChI is InChI=1S/C19H24N4O3S/c1-12-10-20-18-22(11-13-3-4-13)17(24)15-9-14(5-6-16(15)23(12)18)27(25,26)21-19(2)7-8-19/h5-6,9,12-13,21H,3-4,7-8,10-11H2,1-2H3/t12-/m1/s1. The van der Waals surface area contributed by atoms with Crippen LogP contribution in [0.1, 0.15) is 49.9 Å². The molecule has 4 aliphatic rings. The molecule has 1 atom stereocenters. The number of benzene rings is 1. The van der Waals surface area contributed by atoms with E-state index in [0.29, 0.717) is 30.5 Å². The Kier molecular flexibility index (Phi) is 3.53. The number of nitrogens with one attached hydrogen (secondary N) is 1. The highest BCUT2D eigenvalue weighted by Crippen LogP contribution is 2.39. The van der Waals surface area contributed by atoms with Gasteiger partial charge in [-0.05, 0) is 63.6 Å². The third kappa shape index (κ3) is 2.86. The zero-order valence-electron chi connectivity index (χ0n) is 15.6. The van der Waals surface area contributed by atoms with Crippen molar-refractivity contribution in [1.82, 2.24) is 9.62 Å². The van der Waals surface area contributed by atoms with Crippen LogP contribution in [-0.2, 0) is 10.0 Å². The fourth-order valence-corrected chi connectivity index (χ4v) is 5.32.